The Morgan fingerprint density at radius 1 is 1.06 bits per heavy atom. The Bertz CT molecular complexity index is 323. The Balaban J connectivity index is 2.49. The Morgan fingerprint density at radius 2 is 1.88 bits per heavy atom. The van der Waals surface area contributed by atoms with Crippen LogP contribution in [0.15, 0.2) is 18.2 Å². The number of ether oxygens (including phenoxy) is 3. The van der Waals surface area contributed by atoms with E-state index in [0.29, 0.717) is 0 Å². The first-order valence-corrected chi connectivity index (χ1v) is 6.10. The van der Waals surface area contributed by atoms with Crippen LogP contribution in [0.2, 0.25) is 0 Å². The summed E-state index contributed by atoms with van der Waals surface area (Å²) in [5, 5.41) is 0. The van der Waals surface area contributed by atoms with E-state index in [4.69, 9.17) is 14.2 Å². The van der Waals surface area contributed by atoms with Crippen molar-refractivity contribution in [3.63, 3.8) is 0 Å². The van der Waals surface area contributed by atoms with E-state index >= 15 is 0 Å². The van der Waals surface area contributed by atoms with E-state index in [0.717, 1.165) is 44.0 Å². The van der Waals surface area contributed by atoms with Gasteiger partial charge < -0.3 is 14.2 Å². The lowest BCUT2D eigenvalue weighted by Crippen LogP contribution is -1.99. The first-order valence-electron chi connectivity index (χ1n) is 6.10. The molecule has 3 heteroatoms. The smallest absolute Gasteiger partial charge is 0.122 e. The molecule has 0 atom stereocenters. The molecular formula is C14H22O3. The molecule has 1 aromatic carbocycles. The molecule has 1 rings (SSSR count). The van der Waals surface area contributed by atoms with Gasteiger partial charge in [0.2, 0.25) is 0 Å². The summed E-state index contributed by atoms with van der Waals surface area (Å²) in [5.74, 6) is 1.79. The molecule has 0 unspecified atom stereocenters. The second kappa shape index (κ2) is 7.96. The molecule has 1 aromatic rings. The molecule has 0 saturated heterocycles. The van der Waals surface area contributed by atoms with E-state index in [9.17, 15) is 0 Å². The van der Waals surface area contributed by atoms with Crippen molar-refractivity contribution in [3.05, 3.63) is 23.8 Å². The van der Waals surface area contributed by atoms with E-state index in [-0.39, 0.29) is 0 Å². The number of methoxy groups -OCH3 is 2. The third kappa shape index (κ3) is 4.65. The molecule has 0 aliphatic heterocycles. The molecule has 0 N–H and O–H groups in total. The molecule has 96 valence electrons. The van der Waals surface area contributed by atoms with Crippen molar-refractivity contribution < 1.29 is 14.2 Å². The number of hydrogen-bond donors (Lipinski definition) is 0. The second-order valence-corrected chi connectivity index (χ2v) is 3.89. The van der Waals surface area contributed by atoms with Gasteiger partial charge in [-0.15, -0.1) is 0 Å². The zero-order valence-corrected chi connectivity index (χ0v) is 11.0. The van der Waals surface area contributed by atoms with Gasteiger partial charge in [-0.3, -0.25) is 0 Å². The van der Waals surface area contributed by atoms with Gasteiger partial charge in [-0.1, -0.05) is 6.92 Å². The summed E-state index contributed by atoms with van der Waals surface area (Å²) in [4.78, 5) is 0. The first-order chi connectivity index (χ1) is 8.31. The molecule has 0 radical (unpaired) electrons. The predicted octanol–water partition coefficient (Wildman–Crippen LogP) is 3.06. The maximum Gasteiger partial charge on any atom is 0.122 e. The average Bonchev–Trinajstić information content (AvgIpc) is 2.38. The van der Waals surface area contributed by atoms with Crippen LogP contribution < -0.4 is 9.47 Å². The first kappa shape index (κ1) is 13.8. The van der Waals surface area contributed by atoms with Crippen LogP contribution in [0.25, 0.3) is 0 Å². The van der Waals surface area contributed by atoms with E-state index in [1.807, 2.05) is 18.2 Å². The molecule has 0 amide bonds. The number of rotatable bonds is 8. The monoisotopic (exact) mass is 238 g/mol. The topological polar surface area (TPSA) is 27.7 Å². The number of hydrogen-bond acceptors (Lipinski definition) is 3. The molecule has 0 spiro atoms. The molecule has 0 aliphatic rings. The standard InChI is InChI=1S/C14H22O3/c1-4-9-17-10-5-6-12-11-13(15-2)7-8-14(12)16-3/h7-8,11H,4-6,9-10H2,1-3H3. The Kier molecular flexibility index (Phi) is 6.48. The van der Waals surface area contributed by atoms with Crippen LogP contribution >= 0.6 is 0 Å². The molecule has 17 heavy (non-hydrogen) atoms. The van der Waals surface area contributed by atoms with Crippen molar-refractivity contribution >= 4 is 0 Å². The minimum atomic E-state index is 0.800. The van der Waals surface area contributed by atoms with E-state index < -0.39 is 0 Å². The minimum absolute atomic E-state index is 0.800. The third-order valence-corrected chi connectivity index (χ3v) is 2.57. The van der Waals surface area contributed by atoms with Gasteiger partial charge in [-0.25, -0.2) is 0 Å². The third-order valence-electron chi connectivity index (χ3n) is 2.57. The summed E-state index contributed by atoms with van der Waals surface area (Å²) in [6, 6.07) is 5.88. The average molecular weight is 238 g/mol. The molecular weight excluding hydrogens is 216 g/mol. The fourth-order valence-corrected chi connectivity index (χ4v) is 1.69. The SMILES string of the molecule is CCCOCCCc1cc(OC)ccc1OC. The van der Waals surface area contributed by atoms with Gasteiger partial charge in [0.1, 0.15) is 11.5 Å². The van der Waals surface area contributed by atoms with Gasteiger partial charge in [0.05, 0.1) is 14.2 Å². The van der Waals surface area contributed by atoms with Crippen LogP contribution in [0.4, 0.5) is 0 Å². The zero-order chi connectivity index (χ0) is 12.5. The highest BCUT2D eigenvalue weighted by atomic mass is 16.5. The fraction of sp³-hybridized carbons (Fsp3) is 0.571. The molecule has 0 saturated carbocycles. The Labute approximate surface area is 104 Å². The maximum absolute atomic E-state index is 5.46. The summed E-state index contributed by atoms with van der Waals surface area (Å²) >= 11 is 0. The molecule has 0 aliphatic carbocycles. The number of aryl methyl sites for hydroxylation is 1. The van der Waals surface area contributed by atoms with Gasteiger partial charge in [-0.2, -0.15) is 0 Å². The molecule has 0 bridgehead atoms. The lowest BCUT2D eigenvalue weighted by Gasteiger charge is -2.10. The lowest BCUT2D eigenvalue weighted by atomic mass is 10.1. The quantitative estimate of drug-likeness (QED) is 0.651. The summed E-state index contributed by atoms with van der Waals surface area (Å²) in [6.07, 6.45) is 3.02. The van der Waals surface area contributed by atoms with Crippen LogP contribution in [0.1, 0.15) is 25.3 Å². The van der Waals surface area contributed by atoms with Crippen LogP contribution in [0.3, 0.4) is 0 Å². The van der Waals surface area contributed by atoms with Crippen molar-refractivity contribution in [2.24, 2.45) is 0 Å². The summed E-state index contributed by atoms with van der Waals surface area (Å²) in [7, 11) is 3.37. The van der Waals surface area contributed by atoms with Crippen molar-refractivity contribution in [2.75, 3.05) is 27.4 Å². The predicted molar refractivity (Wildman–Crippen MR) is 69.0 cm³/mol. The van der Waals surface area contributed by atoms with Crippen molar-refractivity contribution in [1.29, 1.82) is 0 Å². The minimum Gasteiger partial charge on any atom is -0.497 e. The highest BCUT2D eigenvalue weighted by Crippen LogP contribution is 2.24. The summed E-state index contributed by atoms with van der Waals surface area (Å²) in [5.41, 5.74) is 1.17. The van der Waals surface area contributed by atoms with Crippen molar-refractivity contribution in [2.45, 2.75) is 26.2 Å². The van der Waals surface area contributed by atoms with Crippen molar-refractivity contribution in [3.8, 4) is 11.5 Å². The molecule has 0 fully saturated rings. The highest BCUT2D eigenvalue weighted by Gasteiger charge is 2.04. The summed E-state index contributed by atoms with van der Waals surface area (Å²) < 4.78 is 16.0. The van der Waals surface area contributed by atoms with Gasteiger partial charge in [0.15, 0.2) is 0 Å². The Hall–Kier alpha value is -1.22. The normalized spacial score (nSPS) is 10.3. The van der Waals surface area contributed by atoms with E-state index in [2.05, 4.69) is 6.92 Å². The number of benzene rings is 1. The van der Waals surface area contributed by atoms with E-state index in [1.165, 1.54) is 5.56 Å². The fourth-order valence-electron chi connectivity index (χ4n) is 1.69. The van der Waals surface area contributed by atoms with Gasteiger partial charge in [0.25, 0.3) is 0 Å². The van der Waals surface area contributed by atoms with Crippen LogP contribution in [0.5, 0.6) is 11.5 Å². The largest absolute Gasteiger partial charge is 0.497 e. The van der Waals surface area contributed by atoms with Crippen molar-refractivity contribution in [1.82, 2.24) is 0 Å². The van der Waals surface area contributed by atoms with Gasteiger partial charge in [-0.05, 0) is 43.0 Å². The maximum atomic E-state index is 5.46. The molecule has 0 aromatic heterocycles. The Morgan fingerprint density at radius 3 is 2.53 bits per heavy atom. The molecule has 0 heterocycles. The second-order valence-electron chi connectivity index (χ2n) is 3.89. The van der Waals surface area contributed by atoms with Crippen LogP contribution in [-0.2, 0) is 11.2 Å². The highest BCUT2D eigenvalue weighted by molar-refractivity contribution is 5.40. The van der Waals surface area contributed by atoms with Gasteiger partial charge in [0, 0.05) is 13.2 Å². The van der Waals surface area contributed by atoms with Gasteiger partial charge >= 0.3 is 0 Å². The lowest BCUT2D eigenvalue weighted by molar-refractivity contribution is 0.132. The van der Waals surface area contributed by atoms with E-state index in [1.54, 1.807) is 14.2 Å². The van der Waals surface area contributed by atoms with Crippen LogP contribution in [0, 0.1) is 0 Å². The zero-order valence-electron chi connectivity index (χ0n) is 11.0. The molecule has 3 nitrogen and oxygen atoms in total. The van der Waals surface area contributed by atoms with Crippen LogP contribution in [-0.4, -0.2) is 27.4 Å². The summed E-state index contributed by atoms with van der Waals surface area (Å²) in [6.45, 7) is 3.76.